The number of thiazole rings is 1. The third kappa shape index (κ3) is 4.01. The molecule has 0 N–H and O–H groups in total. The van der Waals surface area contributed by atoms with Crippen LogP contribution in [0.15, 0.2) is 17.6 Å². The van der Waals surface area contributed by atoms with Crippen molar-refractivity contribution in [1.82, 2.24) is 15.0 Å². The molecule has 0 bridgehead atoms. The SMILES string of the molecule is COc1cc(OC)nc(N2CCCC(COc3nccs3)C2)n1. The predicted octanol–water partition coefficient (Wildman–Crippen LogP) is 2.25. The average molecular weight is 336 g/mol. The summed E-state index contributed by atoms with van der Waals surface area (Å²) in [5.41, 5.74) is 0. The maximum atomic E-state index is 5.75. The molecule has 1 aliphatic rings. The zero-order valence-corrected chi connectivity index (χ0v) is 14.1. The first-order chi connectivity index (χ1) is 11.3. The Morgan fingerprint density at radius 3 is 2.70 bits per heavy atom. The number of methoxy groups -OCH3 is 2. The number of rotatable bonds is 6. The summed E-state index contributed by atoms with van der Waals surface area (Å²) in [7, 11) is 3.18. The van der Waals surface area contributed by atoms with E-state index in [-0.39, 0.29) is 0 Å². The second-order valence-electron chi connectivity index (χ2n) is 5.32. The van der Waals surface area contributed by atoms with Gasteiger partial charge in [0.25, 0.3) is 5.19 Å². The lowest BCUT2D eigenvalue weighted by Gasteiger charge is -2.32. The van der Waals surface area contributed by atoms with Gasteiger partial charge in [0.1, 0.15) is 0 Å². The normalized spacial score (nSPS) is 17.8. The molecular formula is C15H20N4O3S. The molecule has 0 aromatic carbocycles. The Hall–Kier alpha value is -2.09. The smallest absolute Gasteiger partial charge is 0.273 e. The molecule has 1 unspecified atom stereocenters. The molecule has 3 rings (SSSR count). The van der Waals surface area contributed by atoms with Crippen molar-refractivity contribution in [2.45, 2.75) is 12.8 Å². The molecule has 7 nitrogen and oxygen atoms in total. The van der Waals surface area contributed by atoms with Crippen LogP contribution in [0.25, 0.3) is 0 Å². The Kier molecular flexibility index (Phi) is 5.12. The zero-order valence-electron chi connectivity index (χ0n) is 13.3. The number of hydrogen-bond acceptors (Lipinski definition) is 8. The Morgan fingerprint density at radius 1 is 1.26 bits per heavy atom. The van der Waals surface area contributed by atoms with E-state index in [2.05, 4.69) is 19.9 Å². The topological polar surface area (TPSA) is 69.6 Å². The van der Waals surface area contributed by atoms with Crippen LogP contribution in [0.5, 0.6) is 17.0 Å². The van der Waals surface area contributed by atoms with Gasteiger partial charge >= 0.3 is 0 Å². The van der Waals surface area contributed by atoms with E-state index >= 15 is 0 Å². The molecule has 1 aliphatic heterocycles. The monoisotopic (exact) mass is 336 g/mol. The molecular weight excluding hydrogens is 316 g/mol. The molecule has 8 heteroatoms. The number of ether oxygens (including phenoxy) is 3. The van der Waals surface area contributed by atoms with E-state index in [1.807, 2.05) is 5.38 Å². The van der Waals surface area contributed by atoms with Crippen LogP contribution in [-0.4, -0.2) is 48.9 Å². The van der Waals surface area contributed by atoms with Gasteiger partial charge in [-0.3, -0.25) is 0 Å². The molecule has 3 heterocycles. The molecule has 2 aromatic heterocycles. The average Bonchev–Trinajstić information content (AvgIpc) is 3.13. The minimum absolute atomic E-state index is 0.424. The third-order valence-electron chi connectivity index (χ3n) is 3.74. The number of piperidine rings is 1. The third-order valence-corrected chi connectivity index (χ3v) is 4.42. The van der Waals surface area contributed by atoms with Crippen LogP contribution in [0.1, 0.15) is 12.8 Å². The Balaban J connectivity index is 1.65. The van der Waals surface area contributed by atoms with Crippen LogP contribution in [-0.2, 0) is 0 Å². The summed E-state index contributed by atoms with van der Waals surface area (Å²) in [6.45, 7) is 2.43. The highest BCUT2D eigenvalue weighted by molar-refractivity contribution is 7.11. The number of hydrogen-bond donors (Lipinski definition) is 0. The predicted molar refractivity (Wildman–Crippen MR) is 87.7 cm³/mol. The zero-order chi connectivity index (χ0) is 16.1. The van der Waals surface area contributed by atoms with Crippen LogP contribution in [0.3, 0.4) is 0 Å². The molecule has 1 atom stereocenters. The van der Waals surface area contributed by atoms with Crippen molar-refractivity contribution in [2.24, 2.45) is 5.92 Å². The fraction of sp³-hybridized carbons (Fsp3) is 0.533. The molecule has 1 fully saturated rings. The summed E-state index contributed by atoms with van der Waals surface area (Å²) in [5.74, 6) is 2.08. The summed E-state index contributed by atoms with van der Waals surface area (Å²) in [6, 6.07) is 1.68. The van der Waals surface area contributed by atoms with E-state index in [4.69, 9.17) is 14.2 Å². The summed E-state index contributed by atoms with van der Waals surface area (Å²) in [5, 5.41) is 2.64. The minimum Gasteiger partial charge on any atom is -0.481 e. The first kappa shape index (κ1) is 15.8. The number of nitrogens with zero attached hydrogens (tertiary/aromatic N) is 4. The fourth-order valence-corrected chi connectivity index (χ4v) is 3.09. The second-order valence-corrected chi connectivity index (χ2v) is 6.17. The molecule has 1 saturated heterocycles. The molecule has 124 valence electrons. The summed E-state index contributed by atoms with van der Waals surface area (Å²) >= 11 is 1.51. The van der Waals surface area contributed by atoms with Crippen molar-refractivity contribution in [1.29, 1.82) is 0 Å². The fourth-order valence-electron chi connectivity index (χ4n) is 2.60. The lowest BCUT2D eigenvalue weighted by atomic mass is 9.99. The van der Waals surface area contributed by atoms with Crippen LogP contribution < -0.4 is 19.1 Å². The van der Waals surface area contributed by atoms with Crippen LogP contribution in [0.4, 0.5) is 5.95 Å². The molecule has 0 radical (unpaired) electrons. The van der Waals surface area contributed by atoms with Crippen LogP contribution in [0, 0.1) is 5.92 Å². The maximum absolute atomic E-state index is 5.75. The van der Waals surface area contributed by atoms with Gasteiger partial charge in [-0.15, -0.1) is 0 Å². The van der Waals surface area contributed by atoms with Gasteiger partial charge in [-0.25, -0.2) is 4.98 Å². The second kappa shape index (κ2) is 7.45. The molecule has 0 spiro atoms. The first-order valence-corrected chi connectivity index (χ1v) is 8.40. The van der Waals surface area contributed by atoms with Crippen molar-refractivity contribution in [3.05, 3.63) is 17.6 Å². The van der Waals surface area contributed by atoms with Gasteiger partial charge in [-0.1, -0.05) is 11.3 Å². The number of anilines is 1. The van der Waals surface area contributed by atoms with Gasteiger partial charge in [-0.05, 0) is 12.8 Å². The van der Waals surface area contributed by atoms with E-state index in [0.29, 0.717) is 30.2 Å². The molecule has 0 amide bonds. The summed E-state index contributed by atoms with van der Waals surface area (Å²) < 4.78 is 16.2. The highest BCUT2D eigenvalue weighted by Gasteiger charge is 2.23. The summed E-state index contributed by atoms with van der Waals surface area (Å²) in [4.78, 5) is 15.2. The van der Waals surface area contributed by atoms with Gasteiger partial charge in [0.15, 0.2) is 0 Å². The van der Waals surface area contributed by atoms with E-state index in [1.165, 1.54) is 11.3 Å². The van der Waals surface area contributed by atoms with Gasteiger partial charge in [-0.2, -0.15) is 9.97 Å². The maximum Gasteiger partial charge on any atom is 0.273 e. The minimum atomic E-state index is 0.424. The van der Waals surface area contributed by atoms with E-state index < -0.39 is 0 Å². The van der Waals surface area contributed by atoms with Crippen molar-refractivity contribution in [3.63, 3.8) is 0 Å². The molecule has 2 aromatic rings. The quantitative estimate of drug-likeness (QED) is 0.801. The van der Waals surface area contributed by atoms with Gasteiger partial charge in [0.05, 0.1) is 26.9 Å². The first-order valence-electron chi connectivity index (χ1n) is 7.53. The van der Waals surface area contributed by atoms with E-state index in [9.17, 15) is 0 Å². The van der Waals surface area contributed by atoms with Gasteiger partial charge < -0.3 is 19.1 Å². The number of aromatic nitrogens is 3. The van der Waals surface area contributed by atoms with Crippen molar-refractivity contribution in [2.75, 3.05) is 38.8 Å². The van der Waals surface area contributed by atoms with E-state index in [1.54, 1.807) is 26.5 Å². The van der Waals surface area contributed by atoms with Crippen molar-refractivity contribution < 1.29 is 14.2 Å². The van der Waals surface area contributed by atoms with Crippen LogP contribution >= 0.6 is 11.3 Å². The van der Waals surface area contributed by atoms with Crippen LogP contribution in [0.2, 0.25) is 0 Å². The molecule has 23 heavy (non-hydrogen) atoms. The highest BCUT2D eigenvalue weighted by atomic mass is 32.1. The largest absolute Gasteiger partial charge is 0.481 e. The van der Waals surface area contributed by atoms with E-state index in [0.717, 1.165) is 31.1 Å². The van der Waals surface area contributed by atoms with Crippen molar-refractivity contribution >= 4 is 17.3 Å². The van der Waals surface area contributed by atoms with Gasteiger partial charge in [0.2, 0.25) is 17.7 Å². The lowest BCUT2D eigenvalue weighted by molar-refractivity contribution is 0.227. The lowest BCUT2D eigenvalue weighted by Crippen LogP contribution is -2.38. The Morgan fingerprint density at radius 2 is 2.04 bits per heavy atom. The van der Waals surface area contributed by atoms with Gasteiger partial charge in [0, 0.05) is 30.6 Å². The standard InChI is InChI=1S/C15H20N4O3S/c1-20-12-8-13(21-2)18-14(17-12)19-6-3-4-11(9-19)10-22-15-16-5-7-23-15/h5,7-8,11H,3-4,6,9-10H2,1-2H3. The Labute approximate surface area is 139 Å². The van der Waals surface area contributed by atoms with Crippen molar-refractivity contribution in [3.8, 4) is 17.0 Å². The highest BCUT2D eigenvalue weighted by Crippen LogP contribution is 2.25. The summed E-state index contributed by atoms with van der Waals surface area (Å²) in [6.07, 6.45) is 3.96. The molecule has 0 saturated carbocycles. The molecule has 0 aliphatic carbocycles. The Bertz CT molecular complexity index is 601.